The van der Waals surface area contributed by atoms with Gasteiger partial charge in [0.1, 0.15) is 0 Å². The molecule has 1 N–H and O–H groups in total. The van der Waals surface area contributed by atoms with Crippen molar-refractivity contribution < 1.29 is 9.59 Å². The van der Waals surface area contributed by atoms with Crippen molar-refractivity contribution in [3.8, 4) is 0 Å². The molecule has 2 saturated heterocycles. The van der Waals surface area contributed by atoms with Crippen LogP contribution in [0.25, 0.3) is 0 Å². The Balaban J connectivity index is 1.48. The summed E-state index contributed by atoms with van der Waals surface area (Å²) < 4.78 is 0. The molecule has 1 aromatic rings. The van der Waals surface area contributed by atoms with Crippen LogP contribution in [0.1, 0.15) is 88.6 Å². The summed E-state index contributed by atoms with van der Waals surface area (Å²) in [4.78, 5) is 27.8. The number of carbonyl (C=O) groups is 2. The SMILES string of the molecule is C[C@H]1[C@H](NC(=O)c2ccc(C(C)(C)C)cc2)CC[C@@]23CCCN2C(=O)CCC[C@@H]13. The Bertz CT molecular complexity index is 779. The second-order valence-electron chi connectivity index (χ2n) is 10.6. The predicted octanol–water partition coefficient (Wildman–Crippen LogP) is 4.67. The molecular formula is C25H36N2O2. The molecule has 0 aromatic heterocycles. The zero-order valence-electron chi connectivity index (χ0n) is 18.5. The fourth-order valence-corrected chi connectivity index (χ4v) is 6.26. The van der Waals surface area contributed by atoms with Crippen LogP contribution in [0, 0.1) is 11.8 Å². The highest BCUT2D eigenvalue weighted by Gasteiger charge is 2.55. The first kappa shape index (κ1) is 20.4. The average molecular weight is 397 g/mol. The van der Waals surface area contributed by atoms with Crippen molar-refractivity contribution in [1.82, 2.24) is 10.2 Å². The molecule has 4 heteroatoms. The van der Waals surface area contributed by atoms with E-state index in [0.29, 0.717) is 24.2 Å². The molecule has 29 heavy (non-hydrogen) atoms. The van der Waals surface area contributed by atoms with E-state index in [1.165, 1.54) is 5.56 Å². The minimum absolute atomic E-state index is 0.0336. The molecule has 0 bridgehead atoms. The standard InChI is InChI=1S/C25H36N2O2/c1-17-20-7-5-8-22(28)27-16-6-14-25(20,27)15-13-21(17)26-23(29)18-9-11-19(12-10-18)24(2,3)4/h9-12,17,20-21H,5-8,13-16H2,1-4H3,(H,26,29)/t17-,20+,21-,25-/m1/s1. The smallest absolute Gasteiger partial charge is 0.251 e. The van der Waals surface area contributed by atoms with Gasteiger partial charge >= 0.3 is 0 Å². The van der Waals surface area contributed by atoms with Crippen LogP contribution in [0.3, 0.4) is 0 Å². The topological polar surface area (TPSA) is 49.4 Å². The summed E-state index contributed by atoms with van der Waals surface area (Å²) in [6.45, 7) is 9.78. The van der Waals surface area contributed by atoms with Crippen LogP contribution >= 0.6 is 0 Å². The lowest BCUT2D eigenvalue weighted by Crippen LogP contribution is -2.59. The van der Waals surface area contributed by atoms with E-state index in [2.05, 4.69) is 50.0 Å². The van der Waals surface area contributed by atoms with Crippen LogP contribution in [0.2, 0.25) is 0 Å². The van der Waals surface area contributed by atoms with E-state index in [1.54, 1.807) is 0 Å². The molecule has 4 nitrogen and oxygen atoms in total. The number of nitrogens with zero attached hydrogens (tertiary/aromatic N) is 1. The fraction of sp³-hybridized carbons (Fsp3) is 0.680. The first-order valence-corrected chi connectivity index (χ1v) is 11.4. The third-order valence-electron chi connectivity index (χ3n) is 7.91. The first-order valence-electron chi connectivity index (χ1n) is 11.4. The molecule has 4 rings (SSSR count). The number of carbonyl (C=O) groups excluding carboxylic acids is 2. The maximum atomic E-state index is 12.9. The van der Waals surface area contributed by atoms with Crippen LogP contribution < -0.4 is 5.32 Å². The molecule has 158 valence electrons. The van der Waals surface area contributed by atoms with Gasteiger partial charge in [0.05, 0.1) is 0 Å². The van der Waals surface area contributed by atoms with E-state index in [4.69, 9.17) is 0 Å². The Morgan fingerprint density at radius 3 is 2.52 bits per heavy atom. The molecule has 3 aliphatic rings. The molecule has 4 atom stereocenters. The Kier molecular flexibility index (Phi) is 5.25. The lowest BCUT2D eigenvalue weighted by molar-refractivity contribution is -0.138. The predicted molar refractivity (Wildman–Crippen MR) is 116 cm³/mol. The molecule has 0 radical (unpaired) electrons. The molecule has 2 heterocycles. The maximum Gasteiger partial charge on any atom is 0.251 e. The van der Waals surface area contributed by atoms with Gasteiger partial charge in [-0.05, 0) is 73.5 Å². The van der Waals surface area contributed by atoms with Gasteiger partial charge in [0.25, 0.3) is 5.91 Å². The van der Waals surface area contributed by atoms with Gasteiger partial charge in [0, 0.05) is 30.1 Å². The first-order chi connectivity index (χ1) is 13.7. The summed E-state index contributed by atoms with van der Waals surface area (Å²) in [6.07, 6.45) is 7.06. The highest BCUT2D eigenvalue weighted by atomic mass is 16.2. The third-order valence-corrected chi connectivity index (χ3v) is 7.91. The highest BCUT2D eigenvalue weighted by molar-refractivity contribution is 5.94. The molecule has 0 unspecified atom stereocenters. The van der Waals surface area contributed by atoms with Crippen LogP contribution in [0.15, 0.2) is 24.3 Å². The third kappa shape index (κ3) is 3.60. The van der Waals surface area contributed by atoms with Gasteiger partial charge in [-0.25, -0.2) is 0 Å². The quantitative estimate of drug-likeness (QED) is 0.789. The van der Waals surface area contributed by atoms with Crippen molar-refractivity contribution in [3.63, 3.8) is 0 Å². The number of hydrogen-bond acceptors (Lipinski definition) is 2. The Morgan fingerprint density at radius 2 is 1.83 bits per heavy atom. The Labute approximate surface area is 175 Å². The largest absolute Gasteiger partial charge is 0.349 e. The van der Waals surface area contributed by atoms with Crippen molar-refractivity contribution >= 4 is 11.8 Å². The number of amides is 2. The summed E-state index contributed by atoms with van der Waals surface area (Å²) in [5, 5.41) is 3.34. The number of hydrogen-bond donors (Lipinski definition) is 1. The molecule has 2 amide bonds. The zero-order valence-corrected chi connectivity index (χ0v) is 18.5. The van der Waals surface area contributed by atoms with Crippen LogP contribution in [0.4, 0.5) is 0 Å². The van der Waals surface area contributed by atoms with Gasteiger partial charge in [0.2, 0.25) is 5.91 Å². The lowest BCUT2D eigenvalue weighted by atomic mass is 9.63. The molecule has 1 saturated carbocycles. The van der Waals surface area contributed by atoms with Crippen molar-refractivity contribution in [2.24, 2.45) is 11.8 Å². The van der Waals surface area contributed by atoms with Gasteiger partial charge < -0.3 is 10.2 Å². The summed E-state index contributed by atoms with van der Waals surface area (Å²) in [5.41, 5.74) is 2.13. The van der Waals surface area contributed by atoms with E-state index >= 15 is 0 Å². The van der Waals surface area contributed by atoms with Crippen molar-refractivity contribution in [2.45, 2.75) is 89.6 Å². The molecular weight excluding hydrogens is 360 g/mol. The van der Waals surface area contributed by atoms with Gasteiger partial charge in [0.15, 0.2) is 0 Å². The molecule has 1 aliphatic carbocycles. The normalized spacial score (nSPS) is 32.3. The molecule has 2 aliphatic heterocycles. The fourth-order valence-electron chi connectivity index (χ4n) is 6.26. The van der Waals surface area contributed by atoms with E-state index in [-0.39, 0.29) is 22.9 Å². The lowest BCUT2D eigenvalue weighted by Gasteiger charge is -2.52. The minimum atomic E-state index is 0.0336. The summed E-state index contributed by atoms with van der Waals surface area (Å²) in [6, 6.07) is 8.24. The van der Waals surface area contributed by atoms with E-state index in [9.17, 15) is 9.59 Å². The minimum Gasteiger partial charge on any atom is -0.349 e. The van der Waals surface area contributed by atoms with E-state index < -0.39 is 0 Å². The van der Waals surface area contributed by atoms with Crippen molar-refractivity contribution in [2.75, 3.05) is 6.54 Å². The van der Waals surface area contributed by atoms with E-state index in [1.807, 2.05) is 12.1 Å². The summed E-state index contributed by atoms with van der Waals surface area (Å²) >= 11 is 0. The Morgan fingerprint density at radius 1 is 1.10 bits per heavy atom. The Hall–Kier alpha value is -1.84. The molecule has 3 fully saturated rings. The second kappa shape index (κ2) is 7.45. The van der Waals surface area contributed by atoms with Crippen molar-refractivity contribution in [3.05, 3.63) is 35.4 Å². The van der Waals surface area contributed by atoms with Gasteiger partial charge in [-0.3, -0.25) is 9.59 Å². The second-order valence-corrected chi connectivity index (χ2v) is 10.6. The van der Waals surface area contributed by atoms with Crippen LogP contribution in [-0.4, -0.2) is 34.8 Å². The average Bonchev–Trinajstić information content (AvgIpc) is 3.04. The van der Waals surface area contributed by atoms with Crippen molar-refractivity contribution in [1.29, 1.82) is 0 Å². The molecule has 1 spiro atoms. The van der Waals surface area contributed by atoms with Gasteiger partial charge in [-0.1, -0.05) is 39.8 Å². The molecule has 1 aromatic carbocycles. The summed E-state index contributed by atoms with van der Waals surface area (Å²) in [5.74, 6) is 1.29. The number of rotatable bonds is 2. The monoisotopic (exact) mass is 396 g/mol. The summed E-state index contributed by atoms with van der Waals surface area (Å²) in [7, 11) is 0. The zero-order chi connectivity index (χ0) is 20.8. The van der Waals surface area contributed by atoms with Gasteiger partial charge in [-0.15, -0.1) is 0 Å². The number of benzene rings is 1. The van der Waals surface area contributed by atoms with E-state index in [0.717, 1.165) is 50.6 Å². The van der Waals surface area contributed by atoms with Crippen LogP contribution in [0.5, 0.6) is 0 Å². The maximum absolute atomic E-state index is 12.9. The van der Waals surface area contributed by atoms with Gasteiger partial charge in [-0.2, -0.15) is 0 Å². The number of nitrogens with one attached hydrogen (secondary N) is 1. The van der Waals surface area contributed by atoms with Crippen LogP contribution in [-0.2, 0) is 10.2 Å². The highest BCUT2D eigenvalue weighted by Crippen LogP contribution is 2.51.